The Labute approximate surface area is 67.4 Å². The summed E-state index contributed by atoms with van der Waals surface area (Å²) in [4.78, 5) is 0. The molecule has 2 heteroatoms. The first kappa shape index (κ1) is 7.53. The van der Waals surface area contributed by atoms with Crippen molar-refractivity contribution in [3.8, 4) is 0 Å². The second-order valence-electron chi connectivity index (χ2n) is 3.90. The Bertz CT molecular complexity index is 134. The van der Waals surface area contributed by atoms with E-state index in [1.165, 1.54) is 19.3 Å². The van der Waals surface area contributed by atoms with Crippen LogP contribution in [0.3, 0.4) is 0 Å². The molecular weight excluding hydrogens is 141 g/mol. The molecule has 2 rings (SSSR count). The van der Waals surface area contributed by atoms with Crippen LogP contribution in [0.15, 0.2) is 0 Å². The molecule has 64 valence electrons. The highest BCUT2D eigenvalue weighted by Crippen LogP contribution is 2.25. The van der Waals surface area contributed by atoms with Crippen molar-refractivity contribution in [1.82, 2.24) is 5.32 Å². The van der Waals surface area contributed by atoms with E-state index < -0.39 is 6.17 Å². The van der Waals surface area contributed by atoms with E-state index in [2.05, 4.69) is 5.32 Å². The third-order valence-corrected chi connectivity index (χ3v) is 2.95. The quantitative estimate of drug-likeness (QED) is 0.646. The predicted molar refractivity (Wildman–Crippen MR) is 43.3 cm³/mol. The fourth-order valence-corrected chi connectivity index (χ4v) is 1.99. The Balaban J connectivity index is 1.70. The third-order valence-electron chi connectivity index (χ3n) is 2.95. The molecule has 0 amide bonds. The van der Waals surface area contributed by atoms with Crippen LogP contribution in [-0.4, -0.2) is 18.3 Å². The van der Waals surface area contributed by atoms with Gasteiger partial charge in [0.25, 0.3) is 0 Å². The summed E-state index contributed by atoms with van der Waals surface area (Å²) in [7, 11) is 0. The standard InChI is InChI=1S/C9H16FN/c10-7-4-5-9(6-7)11-8-2-1-3-8/h7-9,11H,1-6H2. The Kier molecular flexibility index (Phi) is 2.12. The lowest BCUT2D eigenvalue weighted by molar-refractivity contribution is 0.288. The molecule has 11 heavy (non-hydrogen) atoms. The predicted octanol–water partition coefficient (Wildman–Crippen LogP) is 2.02. The normalized spacial score (nSPS) is 39.0. The van der Waals surface area contributed by atoms with Crippen LogP contribution in [0.4, 0.5) is 4.39 Å². The second kappa shape index (κ2) is 3.10. The molecule has 1 nitrogen and oxygen atoms in total. The van der Waals surface area contributed by atoms with Crippen LogP contribution in [0.5, 0.6) is 0 Å². The van der Waals surface area contributed by atoms with Gasteiger partial charge in [-0.05, 0) is 32.1 Å². The van der Waals surface area contributed by atoms with E-state index in [1.54, 1.807) is 0 Å². The zero-order chi connectivity index (χ0) is 7.68. The molecule has 0 spiro atoms. The number of alkyl halides is 1. The Morgan fingerprint density at radius 1 is 1.00 bits per heavy atom. The molecule has 2 unspecified atom stereocenters. The summed E-state index contributed by atoms with van der Waals surface area (Å²) in [6.07, 6.45) is 6.07. The third kappa shape index (κ3) is 1.73. The molecule has 2 atom stereocenters. The van der Waals surface area contributed by atoms with Gasteiger partial charge in [0.15, 0.2) is 0 Å². The van der Waals surface area contributed by atoms with Gasteiger partial charge in [-0.2, -0.15) is 0 Å². The van der Waals surface area contributed by atoms with Crippen molar-refractivity contribution >= 4 is 0 Å². The molecule has 2 saturated carbocycles. The van der Waals surface area contributed by atoms with Gasteiger partial charge in [0.2, 0.25) is 0 Å². The zero-order valence-electron chi connectivity index (χ0n) is 6.85. The summed E-state index contributed by atoms with van der Waals surface area (Å²) in [6.45, 7) is 0. The fraction of sp³-hybridized carbons (Fsp3) is 1.00. The first-order chi connectivity index (χ1) is 5.34. The van der Waals surface area contributed by atoms with Gasteiger partial charge in [-0.3, -0.25) is 0 Å². The molecule has 0 aliphatic heterocycles. The van der Waals surface area contributed by atoms with Crippen molar-refractivity contribution in [2.75, 3.05) is 0 Å². The molecule has 0 aromatic rings. The largest absolute Gasteiger partial charge is 0.311 e. The van der Waals surface area contributed by atoms with E-state index >= 15 is 0 Å². The van der Waals surface area contributed by atoms with Gasteiger partial charge < -0.3 is 5.32 Å². The highest BCUT2D eigenvalue weighted by molar-refractivity contribution is 4.86. The van der Waals surface area contributed by atoms with Crippen molar-refractivity contribution < 1.29 is 4.39 Å². The lowest BCUT2D eigenvalue weighted by Crippen LogP contribution is -2.41. The van der Waals surface area contributed by atoms with E-state index in [1.807, 2.05) is 0 Å². The van der Waals surface area contributed by atoms with Gasteiger partial charge in [0.1, 0.15) is 6.17 Å². The van der Waals surface area contributed by atoms with Crippen LogP contribution in [0.2, 0.25) is 0 Å². The van der Waals surface area contributed by atoms with Crippen molar-refractivity contribution in [2.45, 2.75) is 56.8 Å². The average molecular weight is 157 g/mol. The van der Waals surface area contributed by atoms with E-state index in [-0.39, 0.29) is 0 Å². The minimum absolute atomic E-state index is 0.496. The minimum atomic E-state index is -0.521. The van der Waals surface area contributed by atoms with Crippen LogP contribution in [0.1, 0.15) is 38.5 Å². The van der Waals surface area contributed by atoms with Crippen LogP contribution in [0, 0.1) is 0 Å². The van der Waals surface area contributed by atoms with E-state index in [0.29, 0.717) is 6.04 Å². The Morgan fingerprint density at radius 3 is 2.27 bits per heavy atom. The summed E-state index contributed by atoms with van der Waals surface area (Å²) >= 11 is 0. The average Bonchev–Trinajstić information content (AvgIpc) is 2.27. The maximum atomic E-state index is 12.7. The summed E-state index contributed by atoms with van der Waals surface area (Å²) in [5, 5.41) is 3.51. The molecule has 0 aromatic heterocycles. The number of hydrogen-bond donors (Lipinski definition) is 1. The molecule has 0 aromatic carbocycles. The van der Waals surface area contributed by atoms with E-state index in [0.717, 1.165) is 25.3 Å². The summed E-state index contributed by atoms with van der Waals surface area (Å²) in [5.41, 5.74) is 0. The van der Waals surface area contributed by atoms with Gasteiger partial charge in [-0.25, -0.2) is 4.39 Å². The summed E-state index contributed by atoms with van der Waals surface area (Å²) in [6, 6.07) is 1.22. The number of nitrogens with one attached hydrogen (secondary N) is 1. The first-order valence-corrected chi connectivity index (χ1v) is 4.75. The zero-order valence-corrected chi connectivity index (χ0v) is 6.85. The van der Waals surface area contributed by atoms with Gasteiger partial charge in [-0.15, -0.1) is 0 Å². The highest BCUT2D eigenvalue weighted by atomic mass is 19.1. The smallest absolute Gasteiger partial charge is 0.102 e. The highest BCUT2D eigenvalue weighted by Gasteiger charge is 2.27. The molecule has 2 fully saturated rings. The fourth-order valence-electron chi connectivity index (χ4n) is 1.99. The van der Waals surface area contributed by atoms with Crippen LogP contribution < -0.4 is 5.32 Å². The maximum absolute atomic E-state index is 12.7. The molecule has 0 radical (unpaired) electrons. The van der Waals surface area contributed by atoms with E-state index in [9.17, 15) is 4.39 Å². The molecule has 0 bridgehead atoms. The summed E-state index contributed by atoms with van der Waals surface area (Å²) < 4.78 is 12.7. The molecule has 1 N–H and O–H groups in total. The lowest BCUT2D eigenvalue weighted by atomic mass is 9.92. The van der Waals surface area contributed by atoms with Crippen molar-refractivity contribution in [3.63, 3.8) is 0 Å². The molecular formula is C9H16FN. The van der Waals surface area contributed by atoms with Crippen molar-refractivity contribution in [1.29, 1.82) is 0 Å². The Hall–Kier alpha value is -0.110. The first-order valence-electron chi connectivity index (χ1n) is 4.75. The topological polar surface area (TPSA) is 12.0 Å². The van der Waals surface area contributed by atoms with Gasteiger partial charge in [0, 0.05) is 12.1 Å². The molecule has 0 heterocycles. The minimum Gasteiger partial charge on any atom is -0.311 e. The van der Waals surface area contributed by atoms with Crippen LogP contribution in [-0.2, 0) is 0 Å². The lowest BCUT2D eigenvalue weighted by Gasteiger charge is -2.29. The molecule has 2 aliphatic rings. The number of rotatable bonds is 2. The Morgan fingerprint density at radius 2 is 1.82 bits per heavy atom. The molecule has 2 aliphatic carbocycles. The monoisotopic (exact) mass is 157 g/mol. The van der Waals surface area contributed by atoms with Crippen LogP contribution >= 0.6 is 0 Å². The second-order valence-corrected chi connectivity index (χ2v) is 3.90. The van der Waals surface area contributed by atoms with Crippen molar-refractivity contribution in [3.05, 3.63) is 0 Å². The maximum Gasteiger partial charge on any atom is 0.102 e. The van der Waals surface area contributed by atoms with Crippen LogP contribution in [0.25, 0.3) is 0 Å². The van der Waals surface area contributed by atoms with Gasteiger partial charge in [-0.1, -0.05) is 6.42 Å². The van der Waals surface area contributed by atoms with Crippen molar-refractivity contribution in [2.24, 2.45) is 0 Å². The van der Waals surface area contributed by atoms with Gasteiger partial charge in [0.05, 0.1) is 0 Å². The molecule has 0 saturated heterocycles. The van der Waals surface area contributed by atoms with E-state index in [4.69, 9.17) is 0 Å². The number of hydrogen-bond acceptors (Lipinski definition) is 1. The summed E-state index contributed by atoms with van der Waals surface area (Å²) in [5.74, 6) is 0. The number of halogens is 1. The SMILES string of the molecule is FC1CCC(NC2CCC2)C1. The van der Waals surface area contributed by atoms with Gasteiger partial charge >= 0.3 is 0 Å².